The van der Waals surface area contributed by atoms with Crippen LogP contribution in [-0.4, -0.2) is 11.8 Å². The lowest BCUT2D eigenvalue weighted by atomic mass is 10.1. The second-order valence-electron chi connectivity index (χ2n) is 4.80. The Labute approximate surface area is 128 Å². The quantitative estimate of drug-likeness (QED) is 0.832. The van der Waals surface area contributed by atoms with Gasteiger partial charge >= 0.3 is 0 Å². The lowest BCUT2D eigenvalue weighted by Gasteiger charge is -2.07. The van der Waals surface area contributed by atoms with Gasteiger partial charge in [-0.25, -0.2) is 4.39 Å². The second-order valence-corrected chi connectivity index (χ2v) is 4.80. The number of carbonyl (C=O) groups is 2. The molecule has 0 atom stereocenters. The van der Waals surface area contributed by atoms with E-state index < -0.39 is 17.6 Å². The van der Waals surface area contributed by atoms with E-state index in [1.54, 1.807) is 18.2 Å². The van der Waals surface area contributed by atoms with E-state index >= 15 is 0 Å². The van der Waals surface area contributed by atoms with Crippen molar-refractivity contribution >= 4 is 23.2 Å². The molecule has 0 spiro atoms. The highest BCUT2D eigenvalue weighted by atomic mass is 19.1. The molecule has 0 fully saturated rings. The van der Waals surface area contributed by atoms with E-state index in [0.29, 0.717) is 5.69 Å². The fraction of sp³-hybridized carbons (Fsp3) is 0.176. The summed E-state index contributed by atoms with van der Waals surface area (Å²) in [5.41, 5.74) is 1.85. The Morgan fingerprint density at radius 2 is 1.59 bits per heavy atom. The van der Waals surface area contributed by atoms with Gasteiger partial charge in [0.25, 0.3) is 0 Å². The summed E-state index contributed by atoms with van der Waals surface area (Å²) in [6, 6.07) is 13.2. The van der Waals surface area contributed by atoms with Crippen molar-refractivity contribution < 1.29 is 14.0 Å². The third-order valence-corrected chi connectivity index (χ3v) is 3.12. The number of anilines is 2. The van der Waals surface area contributed by atoms with Crippen LogP contribution in [0.1, 0.15) is 18.9 Å². The lowest BCUT2D eigenvalue weighted by molar-refractivity contribution is -0.123. The molecule has 0 aliphatic rings. The third-order valence-electron chi connectivity index (χ3n) is 3.12. The van der Waals surface area contributed by atoms with Crippen LogP contribution in [0.25, 0.3) is 0 Å². The summed E-state index contributed by atoms with van der Waals surface area (Å²) in [5.74, 6) is -1.54. The summed E-state index contributed by atoms with van der Waals surface area (Å²) >= 11 is 0. The van der Waals surface area contributed by atoms with Crippen LogP contribution in [0.4, 0.5) is 15.8 Å². The van der Waals surface area contributed by atoms with Gasteiger partial charge in [-0.3, -0.25) is 9.59 Å². The van der Waals surface area contributed by atoms with E-state index in [9.17, 15) is 14.0 Å². The summed E-state index contributed by atoms with van der Waals surface area (Å²) in [4.78, 5) is 23.5. The van der Waals surface area contributed by atoms with Crippen LogP contribution in [-0.2, 0) is 16.0 Å². The van der Waals surface area contributed by atoms with E-state index in [4.69, 9.17) is 0 Å². The van der Waals surface area contributed by atoms with Gasteiger partial charge in [-0.15, -0.1) is 0 Å². The minimum Gasteiger partial charge on any atom is -0.326 e. The number of para-hydroxylation sites is 1. The topological polar surface area (TPSA) is 58.2 Å². The molecular weight excluding hydrogens is 283 g/mol. The molecule has 5 heteroatoms. The van der Waals surface area contributed by atoms with Gasteiger partial charge in [0.05, 0.1) is 5.69 Å². The highest BCUT2D eigenvalue weighted by molar-refractivity contribution is 6.08. The van der Waals surface area contributed by atoms with Gasteiger partial charge < -0.3 is 10.6 Å². The molecule has 2 aromatic rings. The molecule has 0 saturated carbocycles. The standard InChI is InChI=1S/C17H17FN2O2/c1-2-12-7-9-13(10-8-12)19-16(21)11-17(22)20-15-6-4-3-5-14(15)18/h3-10H,2,11H2,1H3,(H,19,21)(H,20,22). The number of halogens is 1. The van der Waals surface area contributed by atoms with Crippen LogP contribution in [0.15, 0.2) is 48.5 Å². The van der Waals surface area contributed by atoms with Gasteiger partial charge in [-0.1, -0.05) is 31.2 Å². The molecule has 2 amide bonds. The van der Waals surface area contributed by atoms with Gasteiger partial charge in [0.15, 0.2) is 0 Å². The number of carbonyl (C=O) groups excluding carboxylic acids is 2. The predicted octanol–water partition coefficient (Wildman–Crippen LogP) is 3.36. The van der Waals surface area contributed by atoms with Crippen LogP contribution in [0.5, 0.6) is 0 Å². The third kappa shape index (κ3) is 4.41. The molecule has 0 aromatic heterocycles. The summed E-state index contributed by atoms with van der Waals surface area (Å²) in [7, 11) is 0. The fourth-order valence-electron chi connectivity index (χ4n) is 1.93. The predicted molar refractivity (Wildman–Crippen MR) is 84.1 cm³/mol. The maximum absolute atomic E-state index is 13.4. The average molecular weight is 300 g/mol. The zero-order chi connectivity index (χ0) is 15.9. The van der Waals surface area contributed by atoms with E-state index in [1.165, 1.54) is 18.2 Å². The largest absolute Gasteiger partial charge is 0.326 e. The summed E-state index contributed by atoms with van der Waals surface area (Å²) in [5, 5.41) is 5.00. The molecule has 0 radical (unpaired) electrons. The molecule has 4 nitrogen and oxygen atoms in total. The van der Waals surface area contributed by atoms with Crippen molar-refractivity contribution in [3.63, 3.8) is 0 Å². The monoisotopic (exact) mass is 300 g/mol. The van der Waals surface area contributed by atoms with Crippen LogP contribution in [0, 0.1) is 5.82 Å². The van der Waals surface area contributed by atoms with Crippen LogP contribution >= 0.6 is 0 Å². The van der Waals surface area contributed by atoms with Crippen molar-refractivity contribution in [3.05, 3.63) is 59.9 Å². The van der Waals surface area contributed by atoms with E-state index in [2.05, 4.69) is 10.6 Å². The zero-order valence-electron chi connectivity index (χ0n) is 12.2. The van der Waals surface area contributed by atoms with Crippen LogP contribution < -0.4 is 10.6 Å². The highest BCUT2D eigenvalue weighted by Gasteiger charge is 2.11. The maximum atomic E-state index is 13.4. The average Bonchev–Trinajstić information content (AvgIpc) is 2.50. The minimum atomic E-state index is -0.562. The van der Waals surface area contributed by atoms with E-state index in [1.807, 2.05) is 19.1 Å². The molecule has 0 aliphatic carbocycles. The van der Waals surface area contributed by atoms with E-state index in [0.717, 1.165) is 12.0 Å². The Morgan fingerprint density at radius 3 is 2.23 bits per heavy atom. The molecular formula is C17H17FN2O2. The van der Waals surface area contributed by atoms with Crippen molar-refractivity contribution in [2.24, 2.45) is 0 Å². The fourth-order valence-corrected chi connectivity index (χ4v) is 1.93. The minimum absolute atomic E-state index is 0.0626. The van der Waals surface area contributed by atoms with Crippen molar-refractivity contribution in [3.8, 4) is 0 Å². The molecule has 0 heterocycles. The first-order valence-electron chi connectivity index (χ1n) is 7.01. The Balaban J connectivity index is 1.88. The van der Waals surface area contributed by atoms with Gasteiger partial charge in [-0.05, 0) is 36.2 Å². The molecule has 114 valence electrons. The highest BCUT2D eigenvalue weighted by Crippen LogP contribution is 2.13. The Hall–Kier alpha value is -2.69. The first kappa shape index (κ1) is 15.7. The first-order valence-corrected chi connectivity index (χ1v) is 7.01. The van der Waals surface area contributed by atoms with Gasteiger partial charge in [0.1, 0.15) is 12.2 Å². The molecule has 2 rings (SSSR count). The zero-order valence-corrected chi connectivity index (χ0v) is 12.2. The Morgan fingerprint density at radius 1 is 0.955 bits per heavy atom. The molecule has 22 heavy (non-hydrogen) atoms. The van der Waals surface area contributed by atoms with Crippen molar-refractivity contribution in [1.82, 2.24) is 0 Å². The number of hydrogen-bond donors (Lipinski definition) is 2. The number of aryl methyl sites for hydroxylation is 1. The van der Waals surface area contributed by atoms with E-state index in [-0.39, 0.29) is 12.1 Å². The first-order chi connectivity index (χ1) is 10.6. The van der Waals surface area contributed by atoms with Crippen molar-refractivity contribution in [1.29, 1.82) is 0 Å². The Bertz CT molecular complexity index is 669. The summed E-state index contributed by atoms with van der Waals surface area (Å²) < 4.78 is 13.4. The molecule has 2 aromatic carbocycles. The van der Waals surface area contributed by atoms with Gasteiger partial charge in [-0.2, -0.15) is 0 Å². The van der Waals surface area contributed by atoms with Crippen molar-refractivity contribution in [2.45, 2.75) is 19.8 Å². The SMILES string of the molecule is CCc1ccc(NC(=O)CC(=O)Nc2ccccc2F)cc1. The van der Waals surface area contributed by atoms with Gasteiger partial charge in [0, 0.05) is 5.69 Å². The van der Waals surface area contributed by atoms with Crippen LogP contribution in [0.2, 0.25) is 0 Å². The smallest absolute Gasteiger partial charge is 0.233 e. The van der Waals surface area contributed by atoms with Crippen molar-refractivity contribution in [2.75, 3.05) is 10.6 Å². The summed E-state index contributed by atoms with van der Waals surface area (Å²) in [6.45, 7) is 2.04. The molecule has 0 bridgehead atoms. The molecule has 0 saturated heterocycles. The molecule has 0 unspecified atom stereocenters. The normalized spacial score (nSPS) is 10.1. The van der Waals surface area contributed by atoms with Crippen LogP contribution in [0.3, 0.4) is 0 Å². The Kier molecular flexibility index (Phi) is 5.25. The maximum Gasteiger partial charge on any atom is 0.233 e. The van der Waals surface area contributed by atoms with Gasteiger partial charge in [0.2, 0.25) is 11.8 Å². The summed E-state index contributed by atoms with van der Waals surface area (Å²) in [6.07, 6.45) is 0.545. The molecule has 0 aliphatic heterocycles. The number of nitrogens with one attached hydrogen (secondary N) is 2. The second kappa shape index (κ2) is 7.36. The number of amides is 2. The number of hydrogen-bond acceptors (Lipinski definition) is 2. The lowest BCUT2D eigenvalue weighted by Crippen LogP contribution is -2.21. The number of rotatable bonds is 5. The molecule has 2 N–H and O–H groups in total. The number of benzene rings is 2.